The number of hydrogen-bond acceptors (Lipinski definition) is 4. The Hall–Kier alpha value is -2.11. The SMILES string of the molecule is O=c1[nH]c2c(N3CCN(CCc4ccccc4)CC3)cccc2s1. The summed E-state index contributed by atoms with van der Waals surface area (Å²) in [5.41, 5.74) is 3.55. The van der Waals surface area contributed by atoms with Gasteiger partial charge in [-0.2, -0.15) is 0 Å². The number of aromatic nitrogens is 1. The number of nitrogens with zero attached hydrogens (tertiary/aromatic N) is 2. The standard InChI is InChI=1S/C19H21N3OS/c23-19-20-18-16(7-4-8-17(18)24-19)22-13-11-21(12-14-22)10-9-15-5-2-1-3-6-15/h1-8H,9-14H2,(H,20,23). The first-order valence-corrected chi connectivity index (χ1v) is 9.24. The van der Waals surface area contributed by atoms with Gasteiger partial charge in [0.1, 0.15) is 0 Å². The summed E-state index contributed by atoms with van der Waals surface area (Å²) < 4.78 is 1.05. The molecule has 24 heavy (non-hydrogen) atoms. The molecule has 1 aliphatic heterocycles. The molecule has 124 valence electrons. The van der Waals surface area contributed by atoms with Crippen LogP contribution in [0.3, 0.4) is 0 Å². The Labute approximate surface area is 145 Å². The molecule has 1 aliphatic rings. The molecule has 0 atom stereocenters. The van der Waals surface area contributed by atoms with Gasteiger partial charge in [-0.25, -0.2) is 0 Å². The number of fused-ring (bicyclic) bond motifs is 1. The third-order valence-corrected chi connectivity index (χ3v) is 5.55. The van der Waals surface area contributed by atoms with Crippen LogP contribution in [-0.2, 0) is 6.42 Å². The van der Waals surface area contributed by atoms with Gasteiger partial charge in [-0.3, -0.25) is 9.69 Å². The van der Waals surface area contributed by atoms with Crippen LogP contribution in [0.2, 0.25) is 0 Å². The van der Waals surface area contributed by atoms with Crippen LogP contribution in [0.4, 0.5) is 5.69 Å². The summed E-state index contributed by atoms with van der Waals surface area (Å²) in [6, 6.07) is 16.8. The Morgan fingerprint density at radius 1 is 0.958 bits per heavy atom. The molecule has 0 spiro atoms. The van der Waals surface area contributed by atoms with Gasteiger partial charge in [-0.1, -0.05) is 47.7 Å². The molecule has 2 aromatic carbocycles. The number of rotatable bonds is 4. The smallest absolute Gasteiger partial charge is 0.305 e. The topological polar surface area (TPSA) is 39.3 Å². The van der Waals surface area contributed by atoms with Crippen LogP contribution >= 0.6 is 11.3 Å². The molecule has 1 saturated heterocycles. The Balaban J connectivity index is 1.39. The van der Waals surface area contributed by atoms with E-state index in [0.29, 0.717) is 0 Å². The first kappa shape index (κ1) is 15.4. The molecular weight excluding hydrogens is 318 g/mol. The van der Waals surface area contributed by atoms with Gasteiger partial charge in [-0.05, 0) is 24.1 Å². The summed E-state index contributed by atoms with van der Waals surface area (Å²) in [5, 5.41) is 0. The van der Waals surface area contributed by atoms with E-state index in [0.717, 1.165) is 55.0 Å². The highest BCUT2D eigenvalue weighted by Crippen LogP contribution is 2.27. The van der Waals surface area contributed by atoms with E-state index in [-0.39, 0.29) is 4.87 Å². The van der Waals surface area contributed by atoms with Gasteiger partial charge < -0.3 is 9.88 Å². The van der Waals surface area contributed by atoms with E-state index in [9.17, 15) is 4.79 Å². The quantitative estimate of drug-likeness (QED) is 0.794. The first-order chi connectivity index (χ1) is 11.8. The van der Waals surface area contributed by atoms with Gasteiger partial charge in [0.2, 0.25) is 0 Å². The molecule has 5 heteroatoms. The summed E-state index contributed by atoms with van der Waals surface area (Å²) in [6.45, 7) is 5.25. The van der Waals surface area contributed by atoms with Crippen molar-refractivity contribution in [3.63, 3.8) is 0 Å². The predicted molar refractivity (Wildman–Crippen MR) is 101 cm³/mol. The number of H-pyrrole nitrogens is 1. The normalized spacial score (nSPS) is 15.9. The molecule has 0 aliphatic carbocycles. The number of para-hydroxylation sites is 1. The van der Waals surface area contributed by atoms with Crippen LogP contribution in [0.5, 0.6) is 0 Å². The maximum atomic E-state index is 11.6. The van der Waals surface area contributed by atoms with Gasteiger partial charge in [0.15, 0.2) is 0 Å². The van der Waals surface area contributed by atoms with Crippen molar-refractivity contribution in [1.82, 2.24) is 9.88 Å². The third kappa shape index (κ3) is 3.23. The number of nitrogens with one attached hydrogen (secondary N) is 1. The number of hydrogen-bond donors (Lipinski definition) is 1. The minimum atomic E-state index is 0.0268. The number of anilines is 1. The second-order valence-corrected chi connectivity index (χ2v) is 7.24. The van der Waals surface area contributed by atoms with Gasteiger partial charge in [0.05, 0.1) is 15.9 Å². The summed E-state index contributed by atoms with van der Waals surface area (Å²) in [4.78, 5) is 19.6. The van der Waals surface area contributed by atoms with Gasteiger partial charge >= 0.3 is 4.87 Å². The maximum Gasteiger partial charge on any atom is 0.305 e. The Bertz CT molecular complexity index is 863. The fraction of sp³-hybridized carbons (Fsp3) is 0.316. The van der Waals surface area contributed by atoms with Crippen molar-refractivity contribution >= 4 is 27.2 Å². The molecule has 1 fully saturated rings. The zero-order valence-corrected chi connectivity index (χ0v) is 14.4. The van der Waals surface area contributed by atoms with E-state index in [1.807, 2.05) is 12.1 Å². The molecule has 0 bridgehead atoms. The third-order valence-electron chi connectivity index (χ3n) is 4.71. The number of benzene rings is 2. The summed E-state index contributed by atoms with van der Waals surface area (Å²) in [7, 11) is 0. The monoisotopic (exact) mass is 339 g/mol. The molecule has 0 radical (unpaired) electrons. The van der Waals surface area contributed by atoms with Gasteiger partial charge in [-0.15, -0.1) is 0 Å². The highest BCUT2D eigenvalue weighted by molar-refractivity contribution is 7.16. The van der Waals surface area contributed by atoms with E-state index in [4.69, 9.17) is 0 Å². The van der Waals surface area contributed by atoms with Crippen LogP contribution in [0.15, 0.2) is 53.3 Å². The lowest BCUT2D eigenvalue weighted by Gasteiger charge is -2.36. The number of aromatic amines is 1. The van der Waals surface area contributed by atoms with Gasteiger partial charge in [0, 0.05) is 32.7 Å². The Kier molecular flexibility index (Phi) is 4.36. The lowest BCUT2D eigenvalue weighted by Crippen LogP contribution is -2.47. The van der Waals surface area contributed by atoms with Crippen molar-refractivity contribution in [2.45, 2.75) is 6.42 Å². The lowest BCUT2D eigenvalue weighted by atomic mass is 10.1. The minimum Gasteiger partial charge on any atom is -0.367 e. The number of thiazole rings is 1. The Morgan fingerprint density at radius 2 is 1.75 bits per heavy atom. The van der Waals surface area contributed by atoms with E-state index in [1.165, 1.54) is 16.9 Å². The van der Waals surface area contributed by atoms with Crippen LogP contribution in [0.1, 0.15) is 5.56 Å². The van der Waals surface area contributed by atoms with Crippen molar-refractivity contribution in [3.05, 3.63) is 63.8 Å². The largest absolute Gasteiger partial charge is 0.367 e. The molecule has 4 nitrogen and oxygen atoms in total. The van der Waals surface area contributed by atoms with Crippen LogP contribution < -0.4 is 9.77 Å². The molecular formula is C19H21N3OS. The summed E-state index contributed by atoms with van der Waals surface area (Å²) in [6.07, 6.45) is 1.11. The highest BCUT2D eigenvalue weighted by atomic mass is 32.1. The predicted octanol–water partition coefficient (Wildman–Crippen LogP) is 2.95. The molecule has 3 aromatic rings. The van der Waals surface area contributed by atoms with E-state index < -0.39 is 0 Å². The first-order valence-electron chi connectivity index (χ1n) is 8.43. The fourth-order valence-electron chi connectivity index (χ4n) is 3.37. The average molecular weight is 339 g/mol. The Morgan fingerprint density at radius 3 is 2.54 bits per heavy atom. The van der Waals surface area contributed by atoms with Crippen LogP contribution in [0, 0.1) is 0 Å². The molecule has 4 rings (SSSR count). The molecule has 1 N–H and O–H groups in total. The average Bonchev–Trinajstić information content (AvgIpc) is 3.01. The van der Waals surface area contributed by atoms with Crippen molar-refractivity contribution in [2.24, 2.45) is 0 Å². The highest BCUT2D eigenvalue weighted by Gasteiger charge is 2.19. The molecule has 0 saturated carbocycles. The zero-order chi connectivity index (χ0) is 16.4. The zero-order valence-electron chi connectivity index (χ0n) is 13.6. The fourth-order valence-corrected chi connectivity index (χ4v) is 4.12. The van der Waals surface area contributed by atoms with Crippen molar-refractivity contribution in [1.29, 1.82) is 0 Å². The van der Waals surface area contributed by atoms with Gasteiger partial charge in [0.25, 0.3) is 0 Å². The minimum absolute atomic E-state index is 0.0268. The second-order valence-electron chi connectivity index (χ2n) is 6.23. The molecule has 2 heterocycles. The molecule has 0 unspecified atom stereocenters. The second kappa shape index (κ2) is 6.79. The van der Waals surface area contributed by atoms with Crippen LogP contribution in [0.25, 0.3) is 10.2 Å². The summed E-state index contributed by atoms with van der Waals surface area (Å²) >= 11 is 1.29. The van der Waals surface area contributed by atoms with E-state index >= 15 is 0 Å². The number of piperazine rings is 1. The summed E-state index contributed by atoms with van der Waals surface area (Å²) in [5.74, 6) is 0. The van der Waals surface area contributed by atoms with Crippen molar-refractivity contribution in [3.8, 4) is 0 Å². The van der Waals surface area contributed by atoms with Crippen molar-refractivity contribution in [2.75, 3.05) is 37.6 Å². The van der Waals surface area contributed by atoms with E-state index in [1.54, 1.807) is 0 Å². The van der Waals surface area contributed by atoms with Crippen molar-refractivity contribution < 1.29 is 0 Å². The van der Waals surface area contributed by atoms with Crippen LogP contribution in [-0.4, -0.2) is 42.6 Å². The lowest BCUT2D eigenvalue weighted by molar-refractivity contribution is 0.261. The maximum absolute atomic E-state index is 11.6. The van der Waals surface area contributed by atoms with E-state index in [2.05, 4.69) is 51.2 Å². The molecule has 1 aromatic heterocycles. The molecule has 0 amide bonds.